The van der Waals surface area contributed by atoms with Crippen LogP contribution in [0, 0.1) is 16.7 Å². The fourth-order valence-corrected chi connectivity index (χ4v) is 3.42. The minimum atomic E-state index is -1.20. The summed E-state index contributed by atoms with van der Waals surface area (Å²) >= 11 is 0. The third kappa shape index (κ3) is 4.47. The fraction of sp³-hybridized carbons (Fsp3) is 0.125. The smallest absolute Gasteiger partial charge is 0.291 e. The number of nitriles is 1. The number of benzene rings is 2. The zero-order valence-corrected chi connectivity index (χ0v) is 17.1. The molecule has 2 aliphatic rings. The molecule has 4 rings (SSSR count). The molecule has 0 aromatic heterocycles. The van der Waals surface area contributed by atoms with Crippen LogP contribution in [0.4, 0.5) is 5.69 Å². The molecule has 2 aromatic carbocycles. The van der Waals surface area contributed by atoms with Crippen molar-refractivity contribution in [3.05, 3.63) is 89.0 Å². The number of benzodiazepines with no additional fused rings is 1. The standard InChI is InChI=1S/C24H20N6O2/c25-14-15-7-6-10-17(13-15)21(26)32-24(27)30-22-23(31)28-19-12-5-4-11-18(19)20(29-22)16-8-2-1-3-9-16/h1-5,8-13,22,26H,6-7H2,(H2,27,30)(H,28,31). The summed E-state index contributed by atoms with van der Waals surface area (Å²) in [6.07, 6.45) is 3.43. The number of carbonyl (C=O) groups excluding carboxylic acids is 1. The van der Waals surface area contributed by atoms with E-state index < -0.39 is 12.1 Å². The second-order valence-electron chi connectivity index (χ2n) is 7.13. The van der Waals surface area contributed by atoms with Gasteiger partial charge in [0.25, 0.3) is 11.9 Å². The third-order valence-corrected chi connectivity index (χ3v) is 4.94. The Labute approximate surface area is 185 Å². The van der Waals surface area contributed by atoms with Crippen LogP contribution in [0.1, 0.15) is 24.0 Å². The largest absolute Gasteiger partial charge is 0.407 e. The Kier molecular flexibility index (Phi) is 5.90. The van der Waals surface area contributed by atoms with Gasteiger partial charge in [0, 0.05) is 22.3 Å². The first-order chi connectivity index (χ1) is 15.5. The Morgan fingerprint density at radius 1 is 1.22 bits per heavy atom. The SMILES string of the molecule is N#CC1=CC(C(=N)OC(N)=NC2N=C(c3ccccc3)c3ccccc3NC2=O)=CCC1. The van der Waals surface area contributed by atoms with Gasteiger partial charge in [-0.2, -0.15) is 10.3 Å². The number of carbonyl (C=O) groups is 1. The van der Waals surface area contributed by atoms with E-state index >= 15 is 0 Å². The van der Waals surface area contributed by atoms with E-state index in [1.807, 2.05) is 48.5 Å². The molecular weight excluding hydrogens is 404 g/mol. The van der Waals surface area contributed by atoms with Crippen LogP contribution < -0.4 is 11.1 Å². The first-order valence-electron chi connectivity index (χ1n) is 9.99. The highest BCUT2D eigenvalue weighted by Crippen LogP contribution is 2.24. The molecule has 158 valence electrons. The zero-order chi connectivity index (χ0) is 22.5. The molecule has 1 aliphatic heterocycles. The normalized spacial score (nSPS) is 18.1. The number of hydrogen-bond donors (Lipinski definition) is 3. The van der Waals surface area contributed by atoms with Crippen LogP contribution in [0.3, 0.4) is 0 Å². The number of amidine groups is 1. The molecule has 4 N–H and O–H groups in total. The molecule has 1 heterocycles. The molecule has 2 aromatic rings. The number of nitrogens with one attached hydrogen (secondary N) is 2. The van der Waals surface area contributed by atoms with Crippen molar-refractivity contribution in [2.24, 2.45) is 15.7 Å². The molecule has 8 nitrogen and oxygen atoms in total. The van der Waals surface area contributed by atoms with Crippen LogP contribution in [-0.2, 0) is 9.53 Å². The van der Waals surface area contributed by atoms with Crippen LogP contribution in [0.15, 0.2) is 87.9 Å². The summed E-state index contributed by atoms with van der Waals surface area (Å²) in [6.45, 7) is 0. The van der Waals surface area contributed by atoms with Crippen molar-refractivity contribution in [3.8, 4) is 6.07 Å². The maximum atomic E-state index is 12.8. The van der Waals surface area contributed by atoms with Crippen LogP contribution in [0.2, 0.25) is 0 Å². The van der Waals surface area contributed by atoms with Gasteiger partial charge in [-0.3, -0.25) is 10.2 Å². The topological polar surface area (TPSA) is 137 Å². The quantitative estimate of drug-likeness (QED) is 0.514. The van der Waals surface area contributed by atoms with Gasteiger partial charge in [-0.1, -0.05) is 54.6 Å². The molecule has 8 heteroatoms. The number of amides is 1. The lowest BCUT2D eigenvalue weighted by Crippen LogP contribution is -2.29. The van der Waals surface area contributed by atoms with E-state index in [0.717, 1.165) is 11.1 Å². The number of rotatable bonds is 3. The predicted molar refractivity (Wildman–Crippen MR) is 122 cm³/mol. The minimum absolute atomic E-state index is 0.247. The number of anilines is 1. The van der Waals surface area contributed by atoms with Gasteiger partial charge in [-0.25, -0.2) is 4.99 Å². The van der Waals surface area contributed by atoms with Crippen LogP contribution in [0.25, 0.3) is 0 Å². The Balaban J connectivity index is 1.64. The van der Waals surface area contributed by atoms with E-state index in [4.69, 9.17) is 21.1 Å². The predicted octanol–water partition coefficient (Wildman–Crippen LogP) is 3.28. The van der Waals surface area contributed by atoms with Crippen LogP contribution in [0.5, 0.6) is 0 Å². The number of fused-ring (bicyclic) bond motifs is 1. The first-order valence-corrected chi connectivity index (χ1v) is 9.99. The summed E-state index contributed by atoms with van der Waals surface area (Å²) in [6, 6.07) is 18.6. The number of aliphatic imine (C=N–C) groups is 2. The molecule has 0 bridgehead atoms. The van der Waals surface area contributed by atoms with Crippen molar-refractivity contribution in [1.29, 1.82) is 10.7 Å². The van der Waals surface area contributed by atoms with Gasteiger partial charge in [-0.05, 0) is 25.0 Å². The highest BCUT2D eigenvalue weighted by Gasteiger charge is 2.26. The van der Waals surface area contributed by atoms with Gasteiger partial charge in [0.15, 0.2) is 0 Å². The summed E-state index contributed by atoms with van der Waals surface area (Å²) in [5, 5.41) is 20.0. The van der Waals surface area contributed by atoms with E-state index in [2.05, 4.69) is 21.4 Å². The lowest BCUT2D eigenvalue weighted by atomic mass is 10.0. The monoisotopic (exact) mass is 424 g/mol. The number of nitrogens with two attached hydrogens (primary N) is 1. The average molecular weight is 424 g/mol. The Morgan fingerprint density at radius 2 is 1.97 bits per heavy atom. The average Bonchev–Trinajstić information content (AvgIpc) is 2.96. The van der Waals surface area contributed by atoms with Gasteiger partial charge in [0.2, 0.25) is 12.1 Å². The first kappa shape index (κ1) is 20.8. The van der Waals surface area contributed by atoms with Gasteiger partial charge in [0.1, 0.15) is 0 Å². The number of hydrogen-bond acceptors (Lipinski definition) is 6. The van der Waals surface area contributed by atoms with Gasteiger partial charge < -0.3 is 15.8 Å². The number of nitrogens with zero attached hydrogens (tertiary/aromatic N) is 3. The van der Waals surface area contributed by atoms with Gasteiger partial charge >= 0.3 is 0 Å². The highest BCUT2D eigenvalue weighted by molar-refractivity contribution is 6.19. The van der Waals surface area contributed by atoms with Crippen molar-refractivity contribution in [1.82, 2.24) is 0 Å². The molecule has 0 saturated heterocycles. The summed E-state index contributed by atoms with van der Waals surface area (Å²) < 4.78 is 5.33. The fourth-order valence-electron chi connectivity index (χ4n) is 3.42. The summed E-state index contributed by atoms with van der Waals surface area (Å²) in [4.78, 5) is 21.5. The zero-order valence-electron chi connectivity index (χ0n) is 17.1. The Bertz CT molecular complexity index is 1230. The van der Waals surface area contributed by atoms with Crippen molar-refractivity contribution >= 4 is 29.2 Å². The van der Waals surface area contributed by atoms with E-state index in [-0.39, 0.29) is 11.9 Å². The van der Waals surface area contributed by atoms with Crippen LogP contribution >= 0.6 is 0 Å². The number of ether oxygens (including phenoxy) is 1. The van der Waals surface area contributed by atoms with Crippen molar-refractivity contribution in [2.45, 2.75) is 19.0 Å². The van der Waals surface area contributed by atoms with Crippen molar-refractivity contribution in [3.63, 3.8) is 0 Å². The molecule has 0 spiro atoms. The molecule has 1 atom stereocenters. The van der Waals surface area contributed by atoms with E-state index in [1.54, 1.807) is 18.2 Å². The number of allylic oxidation sites excluding steroid dienone is 2. The van der Waals surface area contributed by atoms with Crippen molar-refractivity contribution in [2.75, 3.05) is 5.32 Å². The molecule has 0 fully saturated rings. The molecule has 1 unspecified atom stereocenters. The molecular formula is C24H20N6O2. The van der Waals surface area contributed by atoms with Crippen molar-refractivity contribution < 1.29 is 9.53 Å². The molecule has 1 amide bonds. The maximum absolute atomic E-state index is 12.8. The summed E-state index contributed by atoms with van der Waals surface area (Å²) in [7, 11) is 0. The number of para-hydroxylation sites is 1. The molecule has 0 radical (unpaired) electrons. The summed E-state index contributed by atoms with van der Waals surface area (Å²) in [5.41, 5.74) is 9.70. The second kappa shape index (κ2) is 9.10. The van der Waals surface area contributed by atoms with E-state index in [0.29, 0.717) is 35.4 Å². The lowest BCUT2D eigenvalue weighted by Gasteiger charge is -2.12. The maximum Gasteiger partial charge on any atom is 0.291 e. The lowest BCUT2D eigenvalue weighted by molar-refractivity contribution is -0.117. The Morgan fingerprint density at radius 3 is 2.75 bits per heavy atom. The van der Waals surface area contributed by atoms with E-state index in [1.165, 1.54) is 0 Å². The van der Waals surface area contributed by atoms with Crippen LogP contribution in [-0.4, -0.2) is 29.7 Å². The van der Waals surface area contributed by atoms with Gasteiger partial charge in [-0.15, -0.1) is 0 Å². The second-order valence-corrected chi connectivity index (χ2v) is 7.13. The highest BCUT2D eigenvalue weighted by atomic mass is 16.5. The molecule has 0 saturated carbocycles. The molecule has 32 heavy (non-hydrogen) atoms. The minimum Gasteiger partial charge on any atom is -0.407 e. The molecule has 1 aliphatic carbocycles. The summed E-state index contributed by atoms with van der Waals surface area (Å²) in [5.74, 6) is -0.715. The Hall–Kier alpha value is -4.51. The van der Waals surface area contributed by atoms with E-state index in [9.17, 15) is 4.79 Å². The van der Waals surface area contributed by atoms with Gasteiger partial charge in [0.05, 0.1) is 17.5 Å². The third-order valence-electron chi connectivity index (χ3n) is 4.94.